The zero-order chi connectivity index (χ0) is 22.2. The van der Waals surface area contributed by atoms with Crippen molar-refractivity contribution in [1.82, 2.24) is 20.2 Å². The van der Waals surface area contributed by atoms with Crippen LogP contribution in [0.1, 0.15) is 73.7 Å². The molecule has 2 bridgehead atoms. The second-order valence-corrected chi connectivity index (χ2v) is 10.3. The zero-order valence-electron chi connectivity index (χ0n) is 19.1. The normalized spacial score (nSPS) is 22.6. The lowest BCUT2D eigenvalue weighted by atomic mass is 9.62. The predicted octanol–water partition coefficient (Wildman–Crippen LogP) is 5.24. The standard InChI is InChI=1S/C26H37ClN4O/c27-24-9-8-21(7-3-12-28-13-4-15-31-16-14-29-20-31)17-23(24)25(32)30-19-26-10-1-5-22(18-26)6-2-11-26/h8-9,14,16-17,20,22,28H,1-7,10-13,15,18-19H2,(H,30,32). The van der Waals surface area contributed by atoms with Crippen LogP contribution in [0.5, 0.6) is 0 Å². The molecule has 0 saturated heterocycles. The number of fused-ring (bicyclic) bond motifs is 2. The Morgan fingerprint density at radius 3 is 2.78 bits per heavy atom. The highest BCUT2D eigenvalue weighted by atomic mass is 35.5. The van der Waals surface area contributed by atoms with Crippen molar-refractivity contribution in [3.8, 4) is 0 Å². The number of hydrogen-bond acceptors (Lipinski definition) is 3. The van der Waals surface area contributed by atoms with Crippen molar-refractivity contribution in [3.63, 3.8) is 0 Å². The van der Waals surface area contributed by atoms with Gasteiger partial charge in [0.1, 0.15) is 0 Å². The Labute approximate surface area is 197 Å². The first-order chi connectivity index (χ1) is 15.6. The van der Waals surface area contributed by atoms with Gasteiger partial charge >= 0.3 is 0 Å². The molecule has 2 aliphatic rings. The smallest absolute Gasteiger partial charge is 0.252 e. The molecule has 2 aliphatic carbocycles. The van der Waals surface area contributed by atoms with E-state index in [0.29, 0.717) is 16.0 Å². The fraction of sp³-hybridized carbons (Fsp3) is 0.615. The van der Waals surface area contributed by atoms with Gasteiger partial charge in [0.15, 0.2) is 0 Å². The van der Waals surface area contributed by atoms with Gasteiger partial charge in [0.05, 0.1) is 16.9 Å². The minimum absolute atomic E-state index is 0.0171. The number of amides is 1. The van der Waals surface area contributed by atoms with Crippen molar-refractivity contribution in [2.45, 2.75) is 70.8 Å². The van der Waals surface area contributed by atoms with Crippen LogP contribution >= 0.6 is 11.6 Å². The number of nitrogens with zero attached hydrogens (tertiary/aromatic N) is 2. The molecule has 2 saturated carbocycles. The first-order valence-corrected chi connectivity index (χ1v) is 12.7. The van der Waals surface area contributed by atoms with E-state index in [1.54, 1.807) is 0 Å². The summed E-state index contributed by atoms with van der Waals surface area (Å²) in [5.74, 6) is 0.859. The minimum atomic E-state index is -0.0171. The van der Waals surface area contributed by atoms with Crippen molar-refractivity contribution in [2.75, 3.05) is 19.6 Å². The highest BCUT2D eigenvalue weighted by Crippen LogP contribution is 2.48. The summed E-state index contributed by atoms with van der Waals surface area (Å²) in [6, 6.07) is 5.91. The molecule has 0 unspecified atom stereocenters. The third-order valence-corrected chi connectivity index (χ3v) is 7.74. The molecule has 174 valence electrons. The first-order valence-electron chi connectivity index (χ1n) is 12.4. The Morgan fingerprint density at radius 1 is 1.19 bits per heavy atom. The summed E-state index contributed by atoms with van der Waals surface area (Å²) in [4.78, 5) is 17.0. The van der Waals surface area contributed by atoms with Gasteiger partial charge in [0.2, 0.25) is 0 Å². The Hall–Kier alpha value is -1.85. The van der Waals surface area contributed by atoms with E-state index in [0.717, 1.165) is 51.4 Å². The van der Waals surface area contributed by atoms with Gasteiger partial charge in [-0.15, -0.1) is 0 Å². The largest absolute Gasteiger partial charge is 0.351 e. The Bertz CT molecular complexity index is 857. The fourth-order valence-electron chi connectivity index (χ4n) is 5.68. The van der Waals surface area contributed by atoms with Gasteiger partial charge in [0, 0.05) is 25.5 Å². The number of carbonyl (C=O) groups excluding carboxylic acids is 1. The van der Waals surface area contributed by atoms with Crippen LogP contribution in [0.15, 0.2) is 36.9 Å². The molecule has 0 atom stereocenters. The van der Waals surface area contributed by atoms with Gasteiger partial charge < -0.3 is 15.2 Å². The molecule has 1 heterocycles. The molecular weight excluding hydrogens is 420 g/mol. The van der Waals surface area contributed by atoms with Crippen LogP contribution in [0.25, 0.3) is 0 Å². The molecule has 5 nitrogen and oxygen atoms in total. The topological polar surface area (TPSA) is 59.0 Å². The number of aryl methyl sites for hydroxylation is 2. The van der Waals surface area contributed by atoms with Crippen LogP contribution in [-0.2, 0) is 13.0 Å². The van der Waals surface area contributed by atoms with Crippen LogP contribution < -0.4 is 10.6 Å². The van der Waals surface area contributed by atoms with Crippen LogP contribution in [0.3, 0.4) is 0 Å². The molecule has 2 fully saturated rings. The number of hydrogen-bond donors (Lipinski definition) is 2. The average molecular weight is 457 g/mol. The summed E-state index contributed by atoms with van der Waals surface area (Å²) in [5, 5.41) is 7.29. The van der Waals surface area contributed by atoms with Gasteiger partial charge in [-0.2, -0.15) is 0 Å². The van der Waals surface area contributed by atoms with E-state index >= 15 is 0 Å². The van der Waals surface area contributed by atoms with Gasteiger partial charge in [-0.3, -0.25) is 4.79 Å². The first kappa shape index (κ1) is 23.3. The Balaban J connectivity index is 1.20. The summed E-state index contributed by atoms with van der Waals surface area (Å²) < 4.78 is 2.10. The number of nitrogens with one attached hydrogen (secondary N) is 2. The summed E-state index contributed by atoms with van der Waals surface area (Å²) in [6.45, 7) is 3.75. The van der Waals surface area contributed by atoms with E-state index < -0.39 is 0 Å². The molecule has 2 aromatic rings. The second-order valence-electron chi connectivity index (χ2n) is 9.86. The third-order valence-electron chi connectivity index (χ3n) is 7.41. The molecule has 0 aliphatic heterocycles. The molecule has 32 heavy (non-hydrogen) atoms. The van der Waals surface area contributed by atoms with Gasteiger partial charge in [0.25, 0.3) is 5.91 Å². The molecule has 0 spiro atoms. The van der Waals surface area contributed by atoms with Crippen LogP contribution in [0, 0.1) is 11.3 Å². The minimum Gasteiger partial charge on any atom is -0.351 e. The number of benzene rings is 1. The lowest BCUT2D eigenvalue weighted by Crippen LogP contribution is -2.43. The molecule has 1 amide bonds. The monoisotopic (exact) mass is 456 g/mol. The van der Waals surface area contributed by atoms with E-state index in [-0.39, 0.29) is 5.91 Å². The quantitative estimate of drug-likeness (QED) is 0.454. The highest BCUT2D eigenvalue weighted by molar-refractivity contribution is 6.33. The van der Waals surface area contributed by atoms with E-state index in [1.807, 2.05) is 36.9 Å². The molecule has 4 rings (SSSR count). The van der Waals surface area contributed by atoms with E-state index in [1.165, 1.54) is 50.5 Å². The van der Waals surface area contributed by atoms with Gasteiger partial charge in [-0.1, -0.05) is 43.4 Å². The highest BCUT2D eigenvalue weighted by Gasteiger charge is 2.39. The number of carbonyl (C=O) groups is 1. The fourth-order valence-corrected chi connectivity index (χ4v) is 5.89. The summed E-state index contributed by atoms with van der Waals surface area (Å²) in [6.07, 6.45) is 17.9. The van der Waals surface area contributed by atoms with Crippen molar-refractivity contribution in [3.05, 3.63) is 53.1 Å². The Morgan fingerprint density at radius 2 is 2.00 bits per heavy atom. The number of halogens is 1. The second kappa shape index (κ2) is 11.3. The maximum Gasteiger partial charge on any atom is 0.252 e. The molecule has 0 radical (unpaired) electrons. The maximum atomic E-state index is 12.9. The lowest BCUT2D eigenvalue weighted by Gasteiger charge is -2.45. The maximum absolute atomic E-state index is 12.9. The van der Waals surface area contributed by atoms with Crippen molar-refractivity contribution >= 4 is 17.5 Å². The molecule has 2 N–H and O–H groups in total. The van der Waals surface area contributed by atoms with E-state index in [2.05, 4.69) is 20.2 Å². The average Bonchev–Trinajstić information content (AvgIpc) is 3.31. The third kappa shape index (κ3) is 6.35. The van der Waals surface area contributed by atoms with Crippen molar-refractivity contribution in [1.29, 1.82) is 0 Å². The molecule has 1 aromatic carbocycles. The van der Waals surface area contributed by atoms with Gasteiger partial charge in [-0.05, 0) is 80.6 Å². The zero-order valence-corrected chi connectivity index (χ0v) is 19.9. The molecule has 6 heteroatoms. The van der Waals surface area contributed by atoms with Crippen molar-refractivity contribution in [2.24, 2.45) is 11.3 Å². The summed E-state index contributed by atoms with van der Waals surface area (Å²) in [7, 11) is 0. The summed E-state index contributed by atoms with van der Waals surface area (Å²) in [5.41, 5.74) is 2.12. The SMILES string of the molecule is O=C(NCC12CCCC(CCC1)C2)c1cc(CCCNCCCn2ccnc2)ccc1Cl. The van der Waals surface area contributed by atoms with Gasteiger partial charge in [-0.25, -0.2) is 4.98 Å². The van der Waals surface area contributed by atoms with E-state index in [4.69, 9.17) is 11.6 Å². The summed E-state index contributed by atoms with van der Waals surface area (Å²) >= 11 is 6.40. The predicted molar refractivity (Wildman–Crippen MR) is 130 cm³/mol. The van der Waals surface area contributed by atoms with E-state index in [9.17, 15) is 4.79 Å². The lowest BCUT2D eigenvalue weighted by molar-refractivity contribution is 0.0682. The van der Waals surface area contributed by atoms with Crippen LogP contribution in [0.2, 0.25) is 5.02 Å². The molecule has 1 aromatic heterocycles. The van der Waals surface area contributed by atoms with Crippen LogP contribution in [0.4, 0.5) is 0 Å². The Kier molecular flexibility index (Phi) is 8.26. The number of imidazole rings is 1. The molecular formula is C26H37ClN4O. The van der Waals surface area contributed by atoms with Crippen molar-refractivity contribution < 1.29 is 4.79 Å². The number of rotatable bonds is 11. The van der Waals surface area contributed by atoms with Crippen LogP contribution in [-0.4, -0.2) is 35.1 Å². The number of aromatic nitrogens is 2.